The molecule has 3 aromatic carbocycles. The number of esters is 1. The van der Waals surface area contributed by atoms with Crippen molar-refractivity contribution in [3.05, 3.63) is 120 Å². The first kappa shape index (κ1) is 25.6. The predicted molar refractivity (Wildman–Crippen MR) is 150 cm³/mol. The molecule has 1 aromatic heterocycles. The molecule has 2 aliphatic rings. The van der Waals surface area contributed by atoms with Crippen molar-refractivity contribution in [2.24, 2.45) is 4.99 Å². The number of benzene rings is 3. The van der Waals surface area contributed by atoms with Crippen LogP contribution in [0.2, 0.25) is 0 Å². The fraction of sp³-hybridized carbons (Fsp3) is 0.194. The standard InChI is InChI=1S/C31H26N2O6S/c1-3-36-30(35)27-19(2)32-31-33(28(27)22-12-13-24-25(16-22)39-18-38-24)29(34)26(40-31)15-21-10-7-11-23(14-21)37-17-20-8-5-4-6-9-20/h4-16,28H,3,17-18H2,1-2H3/b26-15-/t28-/m0/s1. The molecule has 202 valence electrons. The lowest BCUT2D eigenvalue weighted by molar-refractivity contribution is -0.139. The predicted octanol–water partition coefficient (Wildman–Crippen LogP) is 4.11. The number of allylic oxidation sites excluding steroid dienone is 1. The molecule has 0 N–H and O–H groups in total. The van der Waals surface area contributed by atoms with Gasteiger partial charge in [-0.1, -0.05) is 59.9 Å². The average Bonchev–Trinajstić information content (AvgIpc) is 3.55. The number of carbonyl (C=O) groups excluding carboxylic acids is 1. The molecule has 0 fully saturated rings. The number of nitrogens with zero attached hydrogens (tertiary/aromatic N) is 2. The zero-order valence-corrected chi connectivity index (χ0v) is 22.8. The number of fused-ring (bicyclic) bond motifs is 2. The molecule has 0 spiro atoms. The molecule has 0 unspecified atom stereocenters. The van der Waals surface area contributed by atoms with Gasteiger partial charge in [-0.2, -0.15) is 0 Å². The molecule has 3 heterocycles. The number of thiazole rings is 1. The van der Waals surface area contributed by atoms with Crippen LogP contribution >= 0.6 is 11.3 Å². The van der Waals surface area contributed by atoms with Crippen LogP contribution in [0.15, 0.2) is 93.9 Å². The van der Waals surface area contributed by atoms with Gasteiger partial charge in [0.05, 0.1) is 28.5 Å². The Morgan fingerprint density at radius 2 is 1.90 bits per heavy atom. The minimum atomic E-state index is -0.729. The van der Waals surface area contributed by atoms with Crippen LogP contribution in [0.3, 0.4) is 0 Å². The zero-order valence-electron chi connectivity index (χ0n) is 22.0. The van der Waals surface area contributed by atoms with E-state index < -0.39 is 12.0 Å². The lowest BCUT2D eigenvalue weighted by Crippen LogP contribution is -2.39. The third-order valence-electron chi connectivity index (χ3n) is 6.63. The van der Waals surface area contributed by atoms with Crippen molar-refractivity contribution < 1.29 is 23.7 Å². The summed E-state index contributed by atoms with van der Waals surface area (Å²) in [5.74, 6) is 1.36. The molecular formula is C31H26N2O6S. The van der Waals surface area contributed by atoms with Crippen LogP contribution in [0.25, 0.3) is 6.08 Å². The SMILES string of the molecule is CCOC(=O)C1=C(C)N=c2s/c(=C\c3cccc(OCc4ccccc4)c3)c(=O)n2[C@H]1c1ccc2c(c1)OCO2. The highest BCUT2D eigenvalue weighted by molar-refractivity contribution is 7.07. The number of carbonyl (C=O) groups is 1. The second-order valence-corrected chi connectivity index (χ2v) is 10.3. The van der Waals surface area contributed by atoms with Crippen LogP contribution in [-0.4, -0.2) is 23.9 Å². The fourth-order valence-corrected chi connectivity index (χ4v) is 5.82. The van der Waals surface area contributed by atoms with E-state index >= 15 is 0 Å². The van der Waals surface area contributed by atoms with Gasteiger partial charge in [-0.15, -0.1) is 0 Å². The quantitative estimate of drug-likeness (QED) is 0.320. The summed E-state index contributed by atoms with van der Waals surface area (Å²) >= 11 is 1.27. The third kappa shape index (κ3) is 4.91. The molecule has 0 saturated heterocycles. The van der Waals surface area contributed by atoms with E-state index in [0.29, 0.717) is 50.0 Å². The van der Waals surface area contributed by atoms with Crippen LogP contribution in [-0.2, 0) is 16.1 Å². The fourth-order valence-electron chi connectivity index (χ4n) is 4.78. The van der Waals surface area contributed by atoms with E-state index in [4.69, 9.17) is 18.9 Å². The van der Waals surface area contributed by atoms with Gasteiger partial charge in [0, 0.05) is 0 Å². The lowest BCUT2D eigenvalue weighted by atomic mass is 9.95. The smallest absolute Gasteiger partial charge is 0.338 e. The molecule has 1 atom stereocenters. The molecule has 0 bridgehead atoms. The summed E-state index contributed by atoms with van der Waals surface area (Å²) in [5, 5.41) is 0. The van der Waals surface area contributed by atoms with E-state index in [1.807, 2.05) is 66.7 Å². The zero-order chi connectivity index (χ0) is 27.6. The van der Waals surface area contributed by atoms with Crippen LogP contribution in [0.5, 0.6) is 17.2 Å². The van der Waals surface area contributed by atoms with E-state index in [1.54, 1.807) is 30.5 Å². The van der Waals surface area contributed by atoms with Gasteiger partial charge < -0.3 is 18.9 Å². The molecule has 0 aliphatic carbocycles. The van der Waals surface area contributed by atoms with Gasteiger partial charge in [0.2, 0.25) is 6.79 Å². The molecule has 2 aliphatic heterocycles. The summed E-state index contributed by atoms with van der Waals surface area (Å²) in [6, 6.07) is 22.2. The monoisotopic (exact) mass is 554 g/mol. The van der Waals surface area contributed by atoms with E-state index in [1.165, 1.54) is 11.3 Å². The van der Waals surface area contributed by atoms with Gasteiger partial charge in [0.25, 0.3) is 5.56 Å². The van der Waals surface area contributed by atoms with Crippen LogP contribution in [0.4, 0.5) is 0 Å². The largest absolute Gasteiger partial charge is 0.489 e. The first-order valence-electron chi connectivity index (χ1n) is 12.9. The Kier molecular flexibility index (Phi) is 6.96. The first-order valence-corrected chi connectivity index (χ1v) is 13.7. The number of aromatic nitrogens is 1. The van der Waals surface area contributed by atoms with Gasteiger partial charge in [-0.3, -0.25) is 9.36 Å². The Balaban J connectivity index is 1.41. The van der Waals surface area contributed by atoms with E-state index in [-0.39, 0.29) is 19.0 Å². The summed E-state index contributed by atoms with van der Waals surface area (Å²) in [7, 11) is 0. The van der Waals surface area contributed by atoms with Crippen molar-refractivity contribution in [2.45, 2.75) is 26.5 Å². The van der Waals surface area contributed by atoms with E-state index in [9.17, 15) is 9.59 Å². The number of hydrogen-bond donors (Lipinski definition) is 0. The molecular weight excluding hydrogens is 528 g/mol. The number of rotatable bonds is 7. The van der Waals surface area contributed by atoms with Crippen LogP contribution < -0.4 is 29.1 Å². The normalized spacial score (nSPS) is 15.9. The van der Waals surface area contributed by atoms with Gasteiger partial charge >= 0.3 is 5.97 Å². The molecule has 9 heteroatoms. The Morgan fingerprint density at radius 3 is 2.73 bits per heavy atom. The Bertz CT molecular complexity index is 1810. The Morgan fingerprint density at radius 1 is 1.07 bits per heavy atom. The topological polar surface area (TPSA) is 88.4 Å². The summed E-state index contributed by atoms with van der Waals surface area (Å²) in [6.45, 7) is 4.27. The molecule has 6 rings (SSSR count). The van der Waals surface area contributed by atoms with Gasteiger partial charge in [-0.25, -0.2) is 9.79 Å². The second-order valence-electron chi connectivity index (χ2n) is 9.26. The molecule has 0 amide bonds. The van der Waals surface area contributed by atoms with E-state index in [0.717, 1.165) is 11.1 Å². The second kappa shape index (κ2) is 10.9. The lowest BCUT2D eigenvalue weighted by Gasteiger charge is -2.24. The molecule has 8 nitrogen and oxygen atoms in total. The van der Waals surface area contributed by atoms with Crippen molar-refractivity contribution in [1.82, 2.24) is 4.57 Å². The highest BCUT2D eigenvalue weighted by Crippen LogP contribution is 2.38. The average molecular weight is 555 g/mol. The molecule has 4 aromatic rings. The van der Waals surface area contributed by atoms with Crippen molar-refractivity contribution in [3.63, 3.8) is 0 Å². The highest BCUT2D eigenvalue weighted by atomic mass is 32.1. The van der Waals surface area contributed by atoms with Crippen molar-refractivity contribution in [1.29, 1.82) is 0 Å². The van der Waals surface area contributed by atoms with Crippen molar-refractivity contribution in [2.75, 3.05) is 13.4 Å². The summed E-state index contributed by atoms with van der Waals surface area (Å²) < 4.78 is 24.4. The summed E-state index contributed by atoms with van der Waals surface area (Å²) in [6.07, 6.45) is 1.82. The van der Waals surface area contributed by atoms with Gasteiger partial charge in [0.1, 0.15) is 12.4 Å². The van der Waals surface area contributed by atoms with Gasteiger partial charge in [-0.05, 0) is 60.9 Å². The summed E-state index contributed by atoms with van der Waals surface area (Å²) in [5.41, 5.74) is 3.15. The number of hydrogen-bond acceptors (Lipinski definition) is 8. The van der Waals surface area contributed by atoms with E-state index in [2.05, 4.69) is 4.99 Å². The molecule has 0 radical (unpaired) electrons. The number of ether oxygens (including phenoxy) is 4. The maximum Gasteiger partial charge on any atom is 0.338 e. The molecule has 40 heavy (non-hydrogen) atoms. The third-order valence-corrected chi connectivity index (χ3v) is 7.62. The minimum Gasteiger partial charge on any atom is -0.489 e. The van der Waals surface area contributed by atoms with Crippen molar-refractivity contribution in [3.8, 4) is 17.2 Å². The maximum absolute atomic E-state index is 13.9. The Hall–Kier alpha value is -4.63. The van der Waals surface area contributed by atoms with Crippen LogP contribution in [0, 0.1) is 0 Å². The minimum absolute atomic E-state index is 0.120. The molecule has 0 saturated carbocycles. The van der Waals surface area contributed by atoms with Crippen LogP contribution in [0.1, 0.15) is 36.6 Å². The van der Waals surface area contributed by atoms with Crippen molar-refractivity contribution >= 4 is 23.4 Å². The Labute approximate surface area is 234 Å². The summed E-state index contributed by atoms with van der Waals surface area (Å²) in [4.78, 5) is 32.1. The van der Waals surface area contributed by atoms with Gasteiger partial charge in [0.15, 0.2) is 16.3 Å². The highest BCUT2D eigenvalue weighted by Gasteiger charge is 2.34. The first-order chi connectivity index (χ1) is 19.5. The maximum atomic E-state index is 13.9.